The lowest BCUT2D eigenvalue weighted by Crippen LogP contribution is -2.02. The van der Waals surface area contributed by atoms with Gasteiger partial charge in [-0.15, -0.1) is 0 Å². The maximum Gasteiger partial charge on any atom is 0.163 e. The summed E-state index contributed by atoms with van der Waals surface area (Å²) in [6.45, 7) is 0. The van der Waals surface area contributed by atoms with Gasteiger partial charge in [-0.1, -0.05) is 48.5 Å². The van der Waals surface area contributed by atoms with Crippen molar-refractivity contribution in [3.05, 3.63) is 78.0 Å². The van der Waals surface area contributed by atoms with E-state index in [0.29, 0.717) is 6.42 Å². The molecular formula is C18H15NO. The van der Waals surface area contributed by atoms with Crippen LogP contribution < -0.4 is 0 Å². The molecule has 0 aliphatic carbocycles. The summed E-state index contributed by atoms with van der Waals surface area (Å²) in [5.74, 6) is 0.174. The van der Waals surface area contributed by atoms with Gasteiger partial charge >= 0.3 is 0 Å². The molecule has 20 heavy (non-hydrogen) atoms. The van der Waals surface area contributed by atoms with Crippen molar-refractivity contribution in [2.75, 3.05) is 0 Å². The molecule has 0 saturated heterocycles. The molecule has 0 aliphatic rings. The number of para-hydroxylation sites is 1. The Labute approximate surface area is 118 Å². The van der Waals surface area contributed by atoms with Crippen LogP contribution in [0.1, 0.15) is 22.3 Å². The number of carbonyl (C=O) groups excluding carboxylic acids is 1. The summed E-state index contributed by atoms with van der Waals surface area (Å²) < 4.78 is 0. The molecule has 0 aliphatic heterocycles. The second kappa shape index (κ2) is 5.66. The number of fused-ring (bicyclic) bond motifs is 1. The Hall–Kier alpha value is -2.48. The molecule has 2 heteroatoms. The van der Waals surface area contributed by atoms with Crippen LogP contribution in [0.5, 0.6) is 0 Å². The van der Waals surface area contributed by atoms with Crippen LogP contribution in [-0.4, -0.2) is 10.8 Å². The van der Waals surface area contributed by atoms with Crippen molar-refractivity contribution in [1.82, 2.24) is 4.98 Å². The van der Waals surface area contributed by atoms with Gasteiger partial charge in [0.05, 0.1) is 5.52 Å². The highest BCUT2D eigenvalue weighted by Crippen LogP contribution is 2.18. The van der Waals surface area contributed by atoms with E-state index < -0.39 is 0 Å². The summed E-state index contributed by atoms with van der Waals surface area (Å²) in [5.41, 5.74) is 2.84. The molecule has 2 nitrogen and oxygen atoms in total. The number of hydrogen-bond donors (Lipinski definition) is 0. The molecule has 0 fully saturated rings. The molecule has 0 spiro atoms. The summed E-state index contributed by atoms with van der Waals surface area (Å²) in [4.78, 5) is 16.7. The van der Waals surface area contributed by atoms with Gasteiger partial charge in [0.25, 0.3) is 0 Å². The van der Waals surface area contributed by atoms with Crippen LogP contribution in [0.4, 0.5) is 0 Å². The molecule has 3 aromatic rings. The van der Waals surface area contributed by atoms with Gasteiger partial charge in [-0.05, 0) is 24.1 Å². The zero-order valence-corrected chi connectivity index (χ0v) is 11.1. The highest BCUT2D eigenvalue weighted by molar-refractivity contribution is 6.07. The van der Waals surface area contributed by atoms with Crippen LogP contribution in [0.15, 0.2) is 66.9 Å². The summed E-state index contributed by atoms with van der Waals surface area (Å²) in [7, 11) is 0. The fraction of sp³-hybridized carbons (Fsp3) is 0.111. The summed E-state index contributed by atoms with van der Waals surface area (Å²) in [6.07, 6.45) is 3.01. The second-order valence-corrected chi connectivity index (χ2v) is 4.78. The normalized spacial score (nSPS) is 10.6. The van der Waals surface area contributed by atoms with E-state index in [0.717, 1.165) is 22.9 Å². The van der Waals surface area contributed by atoms with Gasteiger partial charge in [0.2, 0.25) is 0 Å². The van der Waals surface area contributed by atoms with E-state index in [4.69, 9.17) is 0 Å². The molecule has 3 rings (SSSR count). The first-order chi connectivity index (χ1) is 9.84. The molecule has 1 heterocycles. The minimum Gasteiger partial charge on any atom is -0.294 e. The van der Waals surface area contributed by atoms with E-state index in [1.807, 2.05) is 48.5 Å². The molecule has 0 radical (unpaired) electrons. The molecule has 0 bridgehead atoms. The third-order valence-corrected chi connectivity index (χ3v) is 3.43. The lowest BCUT2D eigenvalue weighted by Gasteiger charge is -2.05. The zero-order chi connectivity index (χ0) is 13.8. The van der Waals surface area contributed by atoms with Crippen molar-refractivity contribution in [3.63, 3.8) is 0 Å². The highest BCUT2D eigenvalue weighted by atomic mass is 16.1. The van der Waals surface area contributed by atoms with Crippen LogP contribution in [0.2, 0.25) is 0 Å². The van der Waals surface area contributed by atoms with Crippen molar-refractivity contribution in [1.29, 1.82) is 0 Å². The Bertz CT molecular complexity index is 729. The quantitative estimate of drug-likeness (QED) is 0.663. The molecule has 0 atom stereocenters. The van der Waals surface area contributed by atoms with Gasteiger partial charge < -0.3 is 0 Å². The largest absolute Gasteiger partial charge is 0.294 e. The topological polar surface area (TPSA) is 30.0 Å². The van der Waals surface area contributed by atoms with Gasteiger partial charge in [0, 0.05) is 23.6 Å². The number of benzene rings is 2. The molecule has 98 valence electrons. The molecule has 2 aromatic carbocycles. The number of hydrogen-bond acceptors (Lipinski definition) is 2. The molecular weight excluding hydrogens is 246 g/mol. The van der Waals surface area contributed by atoms with Crippen LogP contribution in [-0.2, 0) is 6.42 Å². The van der Waals surface area contributed by atoms with Gasteiger partial charge in [-0.25, -0.2) is 0 Å². The summed E-state index contributed by atoms with van der Waals surface area (Å²) in [6, 6.07) is 19.7. The maximum absolute atomic E-state index is 12.4. The number of nitrogens with zero attached hydrogens (tertiary/aromatic N) is 1. The van der Waals surface area contributed by atoms with Gasteiger partial charge in [-0.2, -0.15) is 0 Å². The molecule has 0 unspecified atom stereocenters. The highest BCUT2D eigenvalue weighted by Gasteiger charge is 2.10. The van der Waals surface area contributed by atoms with Gasteiger partial charge in [0.15, 0.2) is 5.78 Å². The third-order valence-electron chi connectivity index (χ3n) is 3.43. The second-order valence-electron chi connectivity index (χ2n) is 4.78. The van der Waals surface area contributed by atoms with Crippen LogP contribution in [0, 0.1) is 0 Å². The Morgan fingerprint density at radius 1 is 0.900 bits per heavy atom. The van der Waals surface area contributed by atoms with Crippen molar-refractivity contribution < 1.29 is 4.79 Å². The standard InChI is InChI=1S/C18H15NO/c20-18(11-10-14-6-2-1-3-7-14)16-12-13-19-17-9-5-4-8-15(16)17/h1-9,12-13H,10-11H2. The fourth-order valence-electron chi connectivity index (χ4n) is 2.38. The average molecular weight is 261 g/mol. The van der Waals surface area contributed by atoms with E-state index in [2.05, 4.69) is 17.1 Å². The predicted octanol–water partition coefficient (Wildman–Crippen LogP) is 4.05. The number of ketones is 1. The molecule has 0 amide bonds. The molecule has 0 N–H and O–H groups in total. The summed E-state index contributed by atoms with van der Waals surface area (Å²) >= 11 is 0. The Morgan fingerprint density at radius 3 is 2.50 bits per heavy atom. The maximum atomic E-state index is 12.4. The van der Waals surface area contributed by atoms with E-state index >= 15 is 0 Å². The summed E-state index contributed by atoms with van der Waals surface area (Å²) in [5, 5.41) is 0.938. The van der Waals surface area contributed by atoms with Crippen LogP contribution in [0.3, 0.4) is 0 Å². The number of rotatable bonds is 4. The van der Waals surface area contributed by atoms with E-state index in [9.17, 15) is 4.79 Å². The molecule has 0 saturated carbocycles. The molecule has 1 aromatic heterocycles. The first-order valence-corrected chi connectivity index (χ1v) is 6.75. The Morgan fingerprint density at radius 2 is 1.65 bits per heavy atom. The van der Waals surface area contributed by atoms with Crippen LogP contribution >= 0.6 is 0 Å². The van der Waals surface area contributed by atoms with Crippen molar-refractivity contribution in [3.8, 4) is 0 Å². The lowest BCUT2D eigenvalue weighted by atomic mass is 10.00. The van der Waals surface area contributed by atoms with E-state index in [1.54, 1.807) is 6.20 Å². The minimum atomic E-state index is 0.174. The van der Waals surface area contributed by atoms with Crippen molar-refractivity contribution >= 4 is 16.7 Å². The number of aryl methyl sites for hydroxylation is 1. The SMILES string of the molecule is O=C(CCc1ccccc1)c1ccnc2ccccc12. The van der Waals surface area contributed by atoms with Crippen molar-refractivity contribution in [2.45, 2.75) is 12.8 Å². The van der Waals surface area contributed by atoms with Crippen molar-refractivity contribution in [2.24, 2.45) is 0 Å². The predicted molar refractivity (Wildman–Crippen MR) is 80.8 cm³/mol. The Kier molecular flexibility index (Phi) is 3.55. The third kappa shape index (κ3) is 2.59. The van der Waals surface area contributed by atoms with Gasteiger partial charge in [0.1, 0.15) is 0 Å². The lowest BCUT2D eigenvalue weighted by molar-refractivity contribution is 0.0984. The average Bonchev–Trinajstić information content (AvgIpc) is 2.53. The monoisotopic (exact) mass is 261 g/mol. The number of Topliss-reactive ketones (excluding diaryl/α,β-unsaturated/α-hetero) is 1. The number of pyridine rings is 1. The Balaban J connectivity index is 1.82. The zero-order valence-electron chi connectivity index (χ0n) is 11.1. The number of carbonyl (C=O) groups is 1. The van der Waals surface area contributed by atoms with Crippen LogP contribution in [0.25, 0.3) is 10.9 Å². The van der Waals surface area contributed by atoms with E-state index in [-0.39, 0.29) is 5.78 Å². The first-order valence-electron chi connectivity index (χ1n) is 6.75. The minimum absolute atomic E-state index is 0.174. The smallest absolute Gasteiger partial charge is 0.163 e. The number of aromatic nitrogens is 1. The van der Waals surface area contributed by atoms with E-state index in [1.165, 1.54) is 5.56 Å². The van der Waals surface area contributed by atoms with Gasteiger partial charge in [-0.3, -0.25) is 9.78 Å². The fourth-order valence-corrected chi connectivity index (χ4v) is 2.38. The first kappa shape index (κ1) is 12.5.